The van der Waals surface area contributed by atoms with E-state index >= 15 is 0 Å². The lowest BCUT2D eigenvalue weighted by molar-refractivity contribution is 0.0411. The van der Waals surface area contributed by atoms with E-state index in [1.165, 1.54) is 73.3 Å². The third-order valence-corrected chi connectivity index (χ3v) is 6.67. The van der Waals surface area contributed by atoms with Crippen molar-refractivity contribution in [3.63, 3.8) is 0 Å². The number of rotatable bonds is 10. The van der Waals surface area contributed by atoms with Crippen LogP contribution in [0, 0.1) is 11.8 Å². The summed E-state index contributed by atoms with van der Waals surface area (Å²) in [5.41, 5.74) is 3.01. The van der Waals surface area contributed by atoms with Gasteiger partial charge in [-0.05, 0) is 72.3 Å². The maximum absolute atomic E-state index is 5.43. The summed E-state index contributed by atoms with van der Waals surface area (Å²) in [6.45, 7) is 3.91. The molecule has 2 heteroatoms. The molecule has 2 aromatic rings. The SMILES string of the molecule is CCCCCc1ccc2cc(C3CCC(C(COC)COC)CC3)ccc2c1. The van der Waals surface area contributed by atoms with Crippen LogP contribution in [-0.2, 0) is 15.9 Å². The van der Waals surface area contributed by atoms with Gasteiger partial charge >= 0.3 is 0 Å². The Morgan fingerprint density at radius 1 is 0.857 bits per heavy atom. The van der Waals surface area contributed by atoms with Gasteiger partial charge < -0.3 is 9.47 Å². The minimum Gasteiger partial charge on any atom is -0.384 e. The fourth-order valence-electron chi connectivity index (χ4n) is 4.97. The second-order valence-corrected chi connectivity index (χ2v) is 8.68. The number of ether oxygens (including phenoxy) is 2. The van der Waals surface area contributed by atoms with Gasteiger partial charge in [-0.15, -0.1) is 0 Å². The van der Waals surface area contributed by atoms with Crippen LogP contribution in [0.1, 0.15) is 68.9 Å². The lowest BCUT2D eigenvalue weighted by Gasteiger charge is -2.33. The Kier molecular flexibility index (Phi) is 8.36. The van der Waals surface area contributed by atoms with Gasteiger partial charge in [-0.2, -0.15) is 0 Å². The van der Waals surface area contributed by atoms with Crippen LogP contribution in [0.3, 0.4) is 0 Å². The van der Waals surface area contributed by atoms with Crippen LogP contribution in [-0.4, -0.2) is 27.4 Å². The Labute approximate surface area is 171 Å². The summed E-state index contributed by atoms with van der Waals surface area (Å²) in [5, 5.41) is 2.79. The summed E-state index contributed by atoms with van der Waals surface area (Å²) in [5.74, 6) is 1.98. The Balaban J connectivity index is 1.62. The van der Waals surface area contributed by atoms with Crippen molar-refractivity contribution in [2.45, 2.75) is 64.2 Å². The third kappa shape index (κ3) is 5.58. The molecule has 0 bridgehead atoms. The Morgan fingerprint density at radius 3 is 2.21 bits per heavy atom. The predicted octanol–water partition coefficient (Wildman–Crippen LogP) is 6.76. The molecule has 0 unspecified atom stereocenters. The zero-order chi connectivity index (χ0) is 19.8. The van der Waals surface area contributed by atoms with Crippen LogP contribution in [0.5, 0.6) is 0 Å². The molecule has 1 fully saturated rings. The Hall–Kier alpha value is -1.38. The van der Waals surface area contributed by atoms with Crippen molar-refractivity contribution in [2.75, 3.05) is 27.4 Å². The largest absolute Gasteiger partial charge is 0.384 e. The van der Waals surface area contributed by atoms with E-state index in [4.69, 9.17) is 9.47 Å². The number of benzene rings is 2. The first-order valence-electron chi connectivity index (χ1n) is 11.3. The Morgan fingerprint density at radius 2 is 1.54 bits per heavy atom. The average Bonchev–Trinajstić information content (AvgIpc) is 2.73. The maximum Gasteiger partial charge on any atom is 0.0515 e. The molecule has 2 aromatic carbocycles. The van der Waals surface area contributed by atoms with Crippen LogP contribution < -0.4 is 0 Å². The van der Waals surface area contributed by atoms with Crippen LogP contribution in [0.2, 0.25) is 0 Å². The first-order valence-corrected chi connectivity index (χ1v) is 11.3. The normalized spacial score (nSPS) is 20.1. The van der Waals surface area contributed by atoms with Crippen molar-refractivity contribution >= 4 is 10.8 Å². The van der Waals surface area contributed by atoms with Crippen molar-refractivity contribution in [3.8, 4) is 0 Å². The van der Waals surface area contributed by atoms with E-state index in [-0.39, 0.29) is 0 Å². The lowest BCUT2D eigenvalue weighted by Crippen LogP contribution is -2.27. The van der Waals surface area contributed by atoms with Gasteiger partial charge in [0.05, 0.1) is 13.2 Å². The van der Waals surface area contributed by atoms with Crippen LogP contribution >= 0.6 is 0 Å². The molecule has 0 aliphatic heterocycles. The van der Waals surface area contributed by atoms with Gasteiger partial charge in [0, 0.05) is 20.1 Å². The summed E-state index contributed by atoms with van der Waals surface area (Å²) in [7, 11) is 3.61. The molecule has 2 nitrogen and oxygen atoms in total. The molecule has 1 aliphatic carbocycles. The predicted molar refractivity (Wildman–Crippen MR) is 119 cm³/mol. The molecule has 0 heterocycles. The van der Waals surface area contributed by atoms with Crippen LogP contribution in [0.25, 0.3) is 10.8 Å². The molecular weight excluding hydrogens is 344 g/mol. The van der Waals surface area contributed by atoms with Gasteiger partial charge in [-0.25, -0.2) is 0 Å². The molecule has 3 rings (SSSR count). The number of hydrogen-bond acceptors (Lipinski definition) is 2. The summed E-state index contributed by atoms with van der Waals surface area (Å²) in [6, 6.07) is 14.2. The molecule has 0 amide bonds. The molecule has 1 saturated carbocycles. The molecule has 0 saturated heterocycles. The van der Waals surface area contributed by atoms with Crippen molar-refractivity contribution < 1.29 is 9.47 Å². The standard InChI is InChI=1S/C26H38O2/c1-4-5-6-7-20-8-9-25-17-24(15-14-23(25)16-20)21-10-12-22(13-11-21)26(18-27-2)19-28-3/h8-9,14-17,21-22,26H,4-7,10-13,18-19H2,1-3H3. The molecule has 0 N–H and O–H groups in total. The van der Waals surface area contributed by atoms with Crippen molar-refractivity contribution in [1.29, 1.82) is 0 Å². The van der Waals surface area contributed by atoms with Crippen molar-refractivity contribution in [1.82, 2.24) is 0 Å². The van der Waals surface area contributed by atoms with Crippen LogP contribution in [0.15, 0.2) is 36.4 Å². The Bertz CT molecular complexity index is 709. The molecule has 0 spiro atoms. The van der Waals surface area contributed by atoms with E-state index in [0.29, 0.717) is 11.8 Å². The highest BCUT2D eigenvalue weighted by Gasteiger charge is 2.28. The average molecular weight is 383 g/mol. The fourth-order valence-corrected chi connectivity index (χ4v) is 4.97. The maximum atomic E-state index is 5.43. The zero-order valence-corrected chi connectivity index (χ0v) is 18.1. The van der Waals surface area contributed by atoms with E-state index < -0.39 is 0 Å². The van der Waals surface area contributed by atoms with E-state index in [9.17, 15) is 0 Å². The van der Waals surface area contributed by atoms with Crippen LogP contribution in [0.4, 0.5) is 0 Å². The first kappa shape index (κ1) is 21.3. The summed E-state index contributed by atoms with van der Waals surface area (Å²) >= 11 is 0. The minimum absolute atomic E-state index is 0.540. The third-order valence-electron chi connectivity index (χ3n) is 6.67. The van der Waals surface area contributed by atoms with E-state index in [0.717, 1.165) is 19.1 Å². The van der Waals surface area contributed by atoms with Crippen molar-refractivity contribution in [2.24, 2.45) is 11.8 Å². The number of hydrogen-bond donors (Lipinski definition) is 0. The second kappa shape index (κ2) is 11.0. The highest BCUT2D eigenvalue weighted by molar-refractivity contribution is 5.84. The highest BCUT2D eigenvalue weighted by Crippen LogP contribution is 2.39. The molecular formula is C26H38O2. The number of fused-ring (bicyclic) bond motifs is 1. The lowest BCUT2D eigenvalue weighted by atomic mass is 9.74. The molecule has 0 atom stereocenters. The summed E-state index contributed by atoms with van der Waals surface area (Å²) in [6.07, 6.45) is 10.3. The topological polar surface area (TPSA) is 18.5 Å². The van der Waals surface area contributed by atoms with Crippen molar-refractivity contribution in [3.05, 3.63) is 47.5 Å². The smallest absolute Gasteiger partial charge is 0.0515 e. The summed E-state index contributed by atoms with van der Waals surface area (Å²) in [4.78, 5) is 0. The van der Waals surface area contributed by atoms with Gasteiger partial charge in [0.25, 0.3) is 0 Å². The molecule has 154 valence electrons. The van der Waals surface area contributed by atoms with E-state index in [1.807, 2.05) is 0 Å². The molecule has 0 radical (unpaired) electrons. The molecule has 1 aliphatic rings. The molecule has 28 heavy (non-hydrogen) atoms. The van der Waals surface area contributed by atoms with Gasteiger partial charge in [-0.3, -0.25) is 0 Å². The highest BCUT2D eigenvalue weighted by atomic mass is 16.5. The number of unbranched alkanes of at least 4 members (excludes halogenated alkanes) is 2. The second-order valence-electron chi connectivity index (χ2n) is 8.68. The monoisotopic (exact) mass is 382 g/mol. The van der Waals surface area contributed by atoms with Gasteiger partial charge in [0.15, 0.2) is 0 Å². The minimum atomic E-state index is 0.540. The number of methoxy groups -OCH3 is 2. The van der Waals surface area contributed by atoms with Gasteiger partial charge in [0.2, 0.25) is 0 Å². The van der Waals surface area contributed by atoms with Gasteiger partial charge in [0.1, 0.15) is 0 Å². The van der Waals surface area contributed by atoms with Gasteiger partial charge in [-0.1, -0.05) is 56.2 Å². The zero-order valence-electron chi connectivity index (χ0n) is 18.1. The van der Waals surface area contributed by atoms with E-state index in [1.54, 1.807) is 14.2 Å². The fraction of sp³-hybridized carbons (Fsp3) is 0.615. The number of aryl methyl sites for hydroxylation is 1. The van der Waals surface area contributed by atoms with E-state index in [2.05, 4.69) is 43.3 Å². The molecule has 0 aromatic heterocycles. The quantitative estimate of drug-likeness (QED) is 0.423. The first-order chi connectivity index (χ1) is 13.7. The summed E-state index contributed by atoms with van der Waals surface area (Å²) < 4.78 is 10.9.